The van der Waals surface area contributed by atoms with Crippen molar-refractivity contribution in [3.63, 3.8) is 0 Å². The Morgan fingerprint density at radius 2 is 1.50 bits per heavy atom. The van der Waals surface area contributed by atoms with Crippen LogP contribution in [0.15, 0.2) is 77.7 Å². The molecular weight excluding hydrogens is 505 g/mol. The monoisotopic (exact) mass is 533 g/mol. The Morgan fingerprint density at radius 1 is 0.917 bits per heavy atom. The maximum absolute atomic E-state index is 14.4. The van der Waals surface area contributed by atoms with Gasteiger partial charge in [-0.05, 0) is 54.4 Å². The predicted octanol–water partition coefficient (Wildman–Crippen LogP) is 3.53. The van der Waals surface area contributed by atoms with Crippen molar-refractivity contribution in [3.05, 3.63) is 95.3 Å². The molecule has 3 rings (SSSR count). The molecule has 1 N–H and O–H groups in total. The number of nitrogens with one attached hydrogen (secondary N) is 1. The molecule has 0 spiro atoms. The van der Waals surface area contributed by atoms with Gasteiger partial charge in [-0.2, -0.15) is 12.7 Å². The van der Waals surface area contributed by atoms with E-state index in [0.717, 1.165) is 20.4 Å². The molecule has 1 unspecified atom stereocenters. The van der Waals surface area contributed by atoms with E-state index in [1.807, 2.05) is 0 Å². The second-order valence-corrected chi connectivity index (χ2v) is 12.6. The van der Waals surface area contributed by atoms with E-state index in [4.69, 9.17) is 0 Å². The Hall–Kier alpha value is -3.28. The van der Waals surface area contributed by atoms with Crippen molar-refractivity contribution in [2.45, 2.75) is 24.4 Å². The lowest BCUT2D eigenvalue weighted by Gasteiger charge is -2.27. The molecule has 11 heteroatoms. The van der Waals surface area contributed by atoms with Crippen LogP contribution in [0.2, 0.25) is 0 Å². The van der Waals surface area contributed by atoms with Gasteiger partial charge in [0.05, 0.1) is 23.2 Å². The second-order valence-electron chi connectivity index (χ2n) is 8.48. The number of rotatable bonds is 9. The SMILES string of the molecule is CC(NC(=O)c1ccc(CN(c2ccccc2F)S(=O)(=O)N(C)C)cc1)c1ccc(S(C)(=O)=O)cc1. The molecule has 192 valence electrons. The smallest absolute Gasteiger partial charge is 0.303 e. The number of sulfone groups is 1. The highest BCUT2D eigenvalue weighted by molar-refractivity contribution is 7.90. The van der Waals surface area contributed by atoms with Crippen molar-refractivity contribution >= 4 is 31.6 Å². The summed E-state index contributed by atoms with van der Waals surface area (Å²) in [5, 5.41) is 2.85. The van der Waals surface area contributed by atoms with Crippen LogP contribution in [0, 0.1) is 5.82 Å². The number of halogens is 1. The number of carbonyl (C=O) groups is 1. The van der Waals surface area contributed by atoms with E-state index in [-0.39, 0.29) is 29.1 Å². The molecule has 0 saturated heterocycles. The minimum atomic E-state index is -3.99. The molecule has 0 saturated carbocycles. The van der Waals surface area contributed by atoms with Gasteiger partial charge in [0, 0.05) is 25.9 Å². The van der Waals surface area contributed by atoms with Gasteiger partial charge in [0.15, 0.2) is 9.84 Å². The second kappa shape index (κ2) is 10.8. The van der Waals surface area contributed by atoms with Crippen LogP contribution < -0.4 is 9.62 Å². The largest absolute Gasteiger partial charge is 0.346 e. The first kappa shape index (κ1) is 27.3. The van der Waals surface area contributed by atoms with E-state index in [1.165, 1.54) is 44.4 Å². The van der Waals surface area contributed by atoms with E-state index < -0.39 is 25.9 Å². The first-order valence-electron chi connectivity index (χ1n) is 10.9. The summed E-state index contributed by atoms with van der Waals surface area (Å²) in [6, 6.07) is 17.9. The maximum Gasteiger partial charge on any atom is 0.303 e. The fourth-order valence-corrected chi connectivity index (χ4v) is 5.17. The van der Waals surface area contributed by atoms with Crippen LogP contribution in [-0.4, -0.2) is 47.4 Å². The van der Waals surface area contributed by atoms with Crippen LogP contribution in [0.3, 0.4) is 0 Å². The van der Waals surface area contributed by atoms with E-state index in [0.29, 0.717) is 11.1 Å². The lowest BCUT2D eigenvalue weighted by molar-refractivity contribution is 0.0940. The van der Waals surface area contributed by atoms with Crippen molar-refractivity contribution in [1.82, 2.24) is 9.62 Å². The highest BCUT2D eigenvalue weighted by atomic mass is 32.2. The molecule has 1 atom stereocenters. The summed E-state index contributed by atoms with van der Waals surface area (Å²) in [5.74, 6) is -1.02. The number of amides is 1. The van der Waals surface area contributed by atoms with E-state index >= 15 is 0 Å². The fourth-order valence-electron chi connectivity index (χ4n) is 3.44. The molecule has 3 aromatic carbocycles. The lowest BCUT2D eigenvalue weighted by atomic mass is 10.1. The molecule has 0 aromatic heterocycles. The van der Waals surface area contributed by atoms with Crippen molar-refractivity contribution in [3.8, 4) is 0 Å². The van der Waals surface area contributed by atoms with Gasteiger partial charge in [-0.3, -0.25) is 9.10 Å². The Labute approximate surface area is 211 Å². The Morgan fingerprint density at radius 3 is 2.03 bits per heavy atom. The number of hydrogen-bond donors (Lipinski definition) is 1. The number of carbonyl (C=O) groups excluding carboxylic acids is 1. The third-order valence-corrected chi connectivity index (χ3v) is 8.49. The van der Waals surface area contributed by atoms with Crippen molar-refractivity contribution in [2.75, 3.05) is 24.7 Å². The normalized spacial score (nSPS) is 12.8. The Balaban J connectivity index is 1.76. The fraction of sp³-hybridized carbons (Fsp3) is 0.240. The van der Waals surface area contributed by atoms with Gasteiger partial charge in [0.1, 0.15) is 5.82 Å². The third kappa shape index (κ3) is 6.28. The molecule has 3 aromatic rings. The lowest BCUT2D eigenvalue weighted by Crippen LogP contribution is -2.40. The number of nitrogens with zero attached hydrogens (tertiary/aromatic N) is 2. The molecule has 0 aliphatic heterocycles. The average molecular weight is 534 g/mol. The van der Waals surface area contributed by atoms with E-state index in [9.17, 15) is 26.0 Å². The van der Waals surface area contributed by atoms with Gasteiger partial charge in [-0.25, -0.2) is 12.8 Å². The third-order valence-electron chi connectivity index (χ3n) is 5.56. The van der Waals surface area contributed by atoms with Gasteiger partial charge < -0.3 is 5.32 Å². The average Bonchev–Trinajstić information content (AvgIpc) is 2.82. The zero-order chi connectivity index (χ0) is 26.7. The van der Waals surface area contributed by atoms with Gasteiger partial charge in [-0.15, -0.1) is 0 Å². The van der Waals surface area contributed by atoms with Crippen LogP contribution in [0.25, 0.3) is 0 Å². The minimum Gasteiger partial charge on any atom is -0.346 e. The van der Waals surface area contributed by atoms with Crippen molar-refractivity contribution in [2.24, 2.45) is 0 Å². The predicted molar refractivity (Wildman–Crippen MR) is 137 cm³/mol. The molecule has 1 amide bonds. The number of anilines is 1. The van der Waals surface area contributed by atoms with E-state index in [2.05, 4.69) is 5.32 Å². The standard InChI is InChI=1S/C25H28FN3O5S2/c1-18(20-13-15-22(16-14-20)35(4,31)32)27-25(30)21-11-9-19(10-12-21)17-29(36(33,34)28(2)3)24-8-6-5-7-23(24)26/h5-16,18H,17H2,1-4H3,(H,27,30). The zero-order valence-corrected chi connectivity index (χ0v) is 22.0. The Kier molecular flexibility index (Phi) is 8.17. The zero-order valence-electron chi connectivity index (χ0n) is 20.3. The first-order valence-corrected chi connectivity index (χ1v) is 14.2. The maximum atomic E-state index is 14.4. The summed E-state index contributed by atoms with van der Waals surface area (Å²) in [5.41, 5.74) is 1.57. The molecular formula is C25H28FN3O5S2. The van der Waals surface area contributed by atoms with Gasteiger partial charge in [0.25, 0.3) is 5.91 Å². The van der Waals surface area contributed by atoms with Crippen LogP contribution in [0.5, 0.6) is 0 Å². The summed E-state index contributed by atoms with van der Waals surface area (Å²) in [6.07, 6.45) is 1.13. The molecule has 0 fully saturated rings. The molecule has 0 aliphatic carbocycles. The molecule has 0 heterocycles. The number of para-hydroxylation sites is 1. The summed E-state index contributed by atoms with van der Waals surface area (Å²) in [6.45, 7) is 1.65. The summed E-state index contributed by atoms with van der Waals surface area (Å²) in [7, 11) is -4.56. The minimum absolute atomic E-state index is 0.0799. The molecule has 0 radical (unpaired) electrons. The molecule has 0 aliphatic rings. The van der Waals surface area contributed by atoms with Gasteiger partial charge in [0.2, 0.25) is 0 Å². The number of hydrogen-bond acceptors (Lipinski definition) is 5. The molecule has 36 heavy (non-hydrogen) atoms. The first-order chi connectivity index (χ1) is 16.8. The van der Waals surface area contributed by atoms with Gasteiger partial charge >= 0.3 is 10.2 Å². The highest BCUT2D eigenvalue weighted by Crippen LogP contribution is 2.25. The summed E-state index contributed by atoms with van der Waals surface area (Å²) in [4.78, 5) is 12.9. The summed E-state index contributed by atoms with van der Waals surface area (Å²) >= 11 is 0. The van der Waals surface area contributed by atoms with Crippen LogP contribution in [0.4, 0.5) is 10.1 Å². The van der Waals surface area contributed by atoms with E-state index in [1.54, 1.807) is 49.4 Å². The highest BCUT2D eigenvalue weighted by Gasteiger charge is 2.27. The van der Waals surface area contributed by atoms with Crippen molar-refractivity contribution < 1.29 is 26.0 Å². The van der Waals surface area contributed by atoms with Crippen LogP contribution in [0.1, 0.15) is 34.5 Å². The number of benzene rings is 3. The quantitative estimate of drug-likeness (QED) is 0.453. The van der Waals surface area contributed by atoms with Crippen LogP contribution in [-0.2, 0) is 26.6 Å². The van der Waals surface area contributed by atoms with Crippen molar-refractivity contribution in [1.29, 1.82) is 0 Å². The Bertz CT molecular complexity index is 1440. The van der Waals surface area contributed by atoms with Gasteiger partial charge in [-0.1, -0.05) is 36.4 Å². The molecule has 8 nitrogen and oxygen atoms in total. The van der Waals surface area contributed by atoms with Crippen LogP contribution >= 0.6 is 0 Å². The topological polar surface area (TPSA) is 104 Å². The molecule has 0 bridgehead atoms. The summed E-state index contributed by atoms with van der Waals surface area (Å²) < 4.78 is 65.4.